The lowest BCUT2D eigenvalue weighted by molar-refractivity contribution is 0.0903. The van der Waals surface area contributed by atoms with Crippen LogP contribution in [0.1, 0.15) is 35.3 Å². The Morgan fingerprint density at radius 1 is 1.35 bits per heavy atom. The Kier molecular flexibility index (Phi) is 4.53. The second-order valence-electron chi connectivity index (χ2n) is 6.56. The quantitative estimate of drug-likeness (QED) is 0.862. The van der Waals surface area contributed by atoms with E-state index in [0.29, 0.717) is 11.6 Å². The molecule has 3 rings (SSSR count). The maximum absolute atomic E-state index is 12.5. The van der Waals surface area contributed by atoms with Crippen molar-refractivity contribution in [1.82, 2.24) is 9.88 Å². The predicted octanol–water partition coefficient (Wildman–Crippen LogP) is 2.89. The molecule has 0 spiro atoms. The molecule has 0 aliphatic heterocycles. The number of nitrogens with one attached hydrogen (secondary N) is 1. The van der Waals surface area contributed by atoms with Crippen molar-refractivity contribution in [2.24, 2.45) is 13.0 Å². The van der Waals surface area contributed by atoms with Crippen LogP contribution in [0.2, 0.25) is 0 Å². The lowest BCUT2D eigenvalue weighted by atomic mass is 10.1. The van der Waals surface area contributed by atoms with Crippen molar-refractivity contribution in [3.8, 4) is 11.3 Å². The summed E-state index contributed by atoms with van der Waals surface area (Å²) in [4.78, 5) is 12.5. The van der Waals surface area contributed by atoms with Crippen molar-refractivity contribution >= 4 is 5.91 Å². The molecular weight excluding hydrogens is 288 g/mol. The SMILES string of the molecule is Cc1cccc(-c2ccc(C(=O)NC(CO)CC3CC3)n2C)c1. The molecule has 4 nitrogen and oxygen atoms in total. The number of aromatic nitrogens is 1. The molecule has 1 aromatic carbocycles. The Morgan fingerprint density at radius 3 is 2.78 bits per heavy atom. The van der Waals surface area contributed by atoms with Crippen molar-refractivity contribution in [2.75, 3.05) is 6.61 Å². The summed E-state index contributed by atoms with van der Waals surface area (Å²) in [7, 11) is 1.90. The molecule has 1 fully saturated rings. The lowest BCUT2D eigenvalue weighted by Crippen LogP contribution is -2.38. The van der Waals surface area contributed by atoms with Gasteiger partial charge in [0.1, 0.15) is 5.69 Å². The molecular formula is C19H24N2O2. The standard InChI is InChI=1S/C19H24N2O2/c1-13-4-3-5-15(10-13)17-8-9-18(21(17)2)19(23)20-16(12-22)11-14-6-7-14/h3-5,8-10,14,16,22H,6-7,11-12H2,1-2H3,(H,20,23). The number of benzene rings is 1. The highest BCUT2D eigenvalue weighted by molar-refractivity contribution is 5.94. The van der Waals surface area contributed by atoms with Crippen LogP contribution in [0.25, 0.3) is 11.3 Å². The van der Waals surface area contributed by atoms with Crippen molar-refractivity contribution < 1.29 is 9.90 Å². The number of hydrogen-bond donors (Lipinski definition) is 2. The minimum Gasteiger partial charge on any atom is -0.394 e. The molecule has 1 aliphatic carbocycles. The topological polar surface area (TPSA) is 54.3 Å². The number of hydrogen-bond acceptors (Lipinski definition) is 2. The smallest absolute Gasteiger partial charge is 0.268 e. The first-order valence-electron chi connectivity index (χ1n) is 8.23. The van der Waals surface area contributed by atoms with E-state index in [4.69, 9.17) is 0 Å². The number of aryl methyl sites for hydroxylation is 1. The van der Waals surface area contributed by atoms with E-state index in [1.807, 2.05) is 35.9 Å². The van der Waals surface area contributed by atoms with Crippen LogP contribution < -0.4 is 5.32 Å². The van der Waals surface area contributed by atoms with Gasteiger partial charge in [-0.1, -0.05) is 36.6 Å². The first-order chi connectivity index (χ1) is 11.1. The number of carbonyl (C=O) groups excluding carboxylic acids is 1. The van der Waals surface area contributed by atoms with E-state index < -0.39 is 0 Å². The Balaban J connectivity index is 1.76. The minimum atomic E-state index is -0.146. The fourth-order valence-corrected chi connectivity index (χ4v) is 3.03. The van der Waals surface area contributed by atoms with Gasteiger partial charge in [-0.3, -0.25) is 4.79 Å². The number of aliphatic hydroxyl groups is 1. The van der Waals surface area contributed by atoms with Gasteiger partial charge in [-0.15, -0.1) is 0 Å². The summed E-state index contributed by atoms with van der Waals surface area (Å²) in [5, 5.41) is 12.4. The summed E-state index contributed by atoms with van der Waals surface area (Å²) in [6, 6.07) is 11.9. The summed E-state index contributed by atoms with van der Waals surface area (Å²) in [6.45, 7) is 2.06. The first-order valence-corrected chi connectivity index (χ1v) is 8.23. The first kappa shape index (κ1) is 15.8. The molecule has 1 atom stereocenters. The molecule has 1 saturated carbocycles. The van der Waals surface area contributed by atoms with Crippen LogP contribution in [-0.2, 0) is 7.05 Å². The monoisotopic (exact) mass is 312 g/mol. The number of rotatable bonds is 6. The Bertz CT molecular complexity index is 701. The van der Waals surface area contributed by atoms with Gasteiger partial charge >= 0.3 is 0 Å². The number of carbonyl (C=O) groups is 1. The zero-order valence-corrected chi connectivity index (χ0v) is 13.7. The van der Waals surface area contributed by atoms with Gasteiger partial charge in [0.05, 0.1) is 12.6 Å². The van der Waals surface area contributed by atoms with Gasteiger partial charge in [-0.2, -0.15) is 0 Å². The van der Waals surface area contributed by atoms with Crippen molar-refractivity contribution in [1.29, 1.82) is 0 Å². The van der Waals surface area contributed by atoms with Gasteiger partial charge in [0.25, 0.3) is 5.91 Å². The fraction of sp³-hybridized carbons (Fsp3) is 0.421. The number of nitrogens with zero attached hydrogens (tertiary/aromatic N) is 1. The zero-order chi connectivity index (χ0) is 16.4. The van der Waals surface area contributed by atoms with Gasteiger partial charge in [-0.25, -0.2) is 0 Å². The highest BCUT2D eigenvalue weighted by atomic mass is 16.3. The number of amides is 1. The van der Waals surface area contributed by atoms with Gasteiger partial charge in [0.2, 0.25) is 0 Å². The molecule has 0 saturated heterocycles. The average Bonchev–Trinajstić information content (AvgIpc) is 3.26. The van der Waals surface area contributed by atoms with Crippen LogP contribution in [-0.4, -0.2) is 28.2 Å². The second-order valence-corrected chi connectivity index (χ2v) is 6.56. The van der Waals surface area contributed by atoms with Crippen LogP contribution in [0.15, 0.2) is 36.4 Å². The molecule has 0 bridgehead atoms. The summed E-state index contributed by atoms with van der Waals surface area (Å²) in [5.41, 5.74) is 3.93. The summed E-state index contributed by atoms with van der Waals surface area (Å²) in [5.74, 6) is 0.551. The van der Waals surface area contributed by atoms with Crippen molar-refractivity contribution in [3.63, 3.8) is 0 Å². The van der Waals surface area contributed by atoms with E-state index in [2.05, 4.69) is 24.4 Å². The van der Waals surface area contributed by atoms with Crippen molar-refractivity contribution in [3.05, 3.63) is 47.7 Å². The van der Waals surface area contributed by atoms with Crippen LogP contribution in [0.5, 0.6) is 0 Å². The van der Waals surface area contributed by atoms with E-state index in [1.165, 1.54) is 18.4 Å². The molecule has 2 aromatic rings. The second kappa shape index (κ2) is 6.59. The number of aliphatic hydroxyl groups excluding tert-OH is 1. The van der Waals surface area contributed by atoms with E-state index in [-0.39, 0.29) is 18.6 Å². The molecule has 1 aliphatic rings. The highest BCUT2D eigenvalue weighted by Gasteiger charge is 2.26. The van der Waals surface area contributed by atoms with Gasteiger partial charge in [-0.05, 0) is 43.0 Å². The predicted molar refractivity (Wildman–Crippen MR) is 91.3 cm³/mol. The molecule has 4 heteroatoms. The van der Waals surface area contributed by atoms with Crippen LogP contribution in [0.3, 0.4) is 0 Å². The van der Waals surface area contributed by atoms with E-state index >= 15 is 0 Å². The van der Waals surface area contributed by atoms with Gasteiger partial charge in [0, 0.05) is 12.7 Å². The largest absolute Gasteiger partial charge is 0.394 e. The van der Waals surface area contributed by atoms with Gasteiger partial charge < -0.3 is 15.0 Å². The zero-order valence-electron chi connectivity index (χ0n) is 13.7. The Hall–Kier alpha value is -2.07. The van der Waals surface area contributed by atoms with E-state index in [0.717, 1.165) is 17.7 Å². The van der Waals surface area contributed by atoms with Crippen LogP contribution >= 0.6 is 0 Å². The molecule has 122 valence electrons. The molecule has 1 amide bonds. The summed E-state index contributed by atoms with van der Waals surface area (Å²) in [6.07, 6.45) is 3.31. The molecule has 2 N–H and O–H groups in total. The maximum Gasteiger partial charge on any atom is 0.268 e. The third-order valence-electron chi connectivity index (χ3n) is 4.54. The molecule has 1 aromatic heterocycles. The molecule has 23 heavy (non-hydrogen) atoms. The Morgan fingerprint density at radius 2 is 2.13 bits per heavy atom. The van der Waals surface area contributed by atoms with Crippen molar-refractivity contribution in [2.45, 2.75) is 32.2 Å². The average molecular weight is 312 g/mol. The maximum atomic E-state index is 12.5. The molecule has 1 unspecified atom stereocenters. The third kappa shape index (κ3) is 3.64. The molecule has 0 radical (unpaired) electrons. The summed E-state index contributed by atoms with van der Waals surface area (Å²) < 4.78 is 1.91. The summed E-state index contributed by atoms with van der Waals surface area (Å²) >= 11 is 0. The third-order valence-corrected chi connectivity index (χ3v) is 4.54. The fourth-order valence-electron chi connectivity index (χ4n) is 3.03. The van der Waals surface area contributed by atoms with E-state index in [9.17, 15) is 9.90 Å². The van der Waals surface area contributed by atoms with Gasteiger partial charge in [0.15, 0.2) is 0 Å². The van der Waals surface area contributed by atoms with E-state index in [1.54, 1.807) is 0 Å². The highest BCUT2D eigenvalue weighted by Crippen LogP contribution is 2.33. The lowest BCUT2D eigenvalue weighted by Gasteiger charge is -2.16. The normalized spacial score (nSPS) is 15.4. The van der Waals surface area contributed by atoms with Crippen LogP contribution in [0.4, 0.5) is 0 Å². The van der Waals surface area contributed by atoms with Crippen LogP contribution in [0, 0.1) is 12.8 Å². The minimum absolute atomic E-state index is 0.00258. The molecule has 1 heterocycles. The Labute approximate surface area is 137 Å².